The molecule has 22 heavy (non-hydrogen) atoms. The molecule has 0 saturated carbocycles. The van der Waals surface area contributed by atoms with Gasteiger partial charge in [-0.3, -0.25) is 4.79 Å². The van der Waals surface area contributed by atoms with Crippen LogP contribution in [0.1, 0.15) is 41.4 Å². The summed E-state index contributed by atoms with van der Waals surface area (Å²) in [6.45, 7) is 4.16. The first-order chi connectivity index (χ1) is 10.7. The molecule has 0 aliphatic rings. The summed E-state index contributed by atoms with van der Waals surface area (Å²) in [4.78, 5) is 12.5. The van der Waals surface area contributed by atoms with Crippen LogP contribution in [-0.4, -0.2) is 5.91 Å². The molecule has 1 heterocycles. The molecule has 1 aromatic heterocycles. The van der Waals surface area contributed by atoms with Crippen LogP contribution in [0, 0.1) is 0 Å². The number of thiophene rings is 1. The van der Waals surface area contributed by atoms with Gasteiger partial charge in [-0.2, -0.15) is 0 Å². The van der Waals surface area contributed by atoms with E-state index in [1.807, 2.05) is 36.6 Å². The fourth-order valence-electron chi connectivity index (χ4n) is 2.55. The van der Waals surface area contributed by atoms with Crippen molar-refractivity contribution >= 4 is 27.3 Å². The van der Waals surface area contributed by atoms with Gasteiger partial charge in [-0.1, -0.05) is 49.4 Å². The zero-order valence-electron chi connectivity index (χ0n) is 12.8. The topological polar surface area (TPSA) is 29.1 Å². The maximum absolute atomic E-state index is 12.5. The van der Waals surface area contributed by atoms with Crippen LogP contribution in [0.5, 0.6) is 0 Å². The lowest BCUT2D eigenvalue weighted by Gasteiger charge is -2.14. The highest BCUT2D eigenvalue weighted by Crippen LogP contribution is 2.26. The number of hydrogen-bond acceptors (Lipinski definition) is 2. The van der Waals surface area contributed by atoms with Gasteiger partial charge in [0.25, 0.3) is 5.91 Å². The predicted octanol–water partition coefficient (Wildman–Crippen LogP) is 4.95. The molecule has 112 valence electrons. The number of carbonyl (C=O) groups excluding carboxylic acids is 1. The average molecular weight is 309 g/mol. The Kier molecular flexibility index (Phi) is 4.25. The molecule has 0 unspecified atom stereocenters. The molecule has 3 aromatic rings. The minimum atomic E-state index is -0.00971. The molecule has 0 fully saturated rings. The van der Waals surface area contributed by atoms with Crippen molar-refractivity contribution in [1.82, 2.24) is 5.32 Å². The largest absolute Gasteiger partial charge is 0.345 e. The van der Waals surface area contributed by atoms with Gasteiger partial charge in [-0.25, -0.2) is 0 Å². The number of nitrogens with one attached hydrogen (secondary N) is 1. The van der Waals surface area contributed by atoms with Crippen LogP contribution in [0.2, 0.25) is 0 Å². The number of rotatable bonds is 4. The van der Waals surface area contributed by atoms with E-state index >= 15 is 0 Å². The van der Waals surface area contributed by atoms with Crippen LogP contribution in [0.25, 0.3) is 10.1 Å². The van der Waals surface area contributed by atoms with E-state index in [1.54, 1.807) is 11.3 Å². The maximum Gasteiger partial charge on any atom is 0.253 e. The van der Waals surface area contributed by atoms with E-state index in [0.717, 1.165) is 27.6 Å². The third kappa shape index (κ3) is 2.90. The number of fused-ring (bicyclic) bond motifs is 1. The van der Waals surface area contributed by atoms with E-state index in [4.69, 9.17) is 0 Å². The first-order valence-corrected chi connectivity index (χ1v) is 8.43. The monoisotopic (exact) mass is 309 g/mol. The summed E-state index contributed by atoms with van der Waals surface area (Å²) < 4.78 is 1.15. The highest BCUT2D eigenvalue weighted by molar-refractivity contribution is 7.17. The minimum absolute atomic E-state index is 0.00271. The number of carbonyl (C=O) groups is 1. The predicted molar refractivity (Wildman–Crippen MR) is 93.5 cm³/mol. The Labute approximate surface area is 134 Å². The summed E-state index contributed by atoms with van der Waals surface area (Å²) in [5.41, 5.74) is 3.20. The van der Waals surface area contributed by atoms with Gasteiger partial charge in [0.1, 0.15) is 0 Å². The molecule has 3 rings (SSSR count). The normalized spacial score (nSPS) is 12.3. The van der Waals surface area contributed by atoms with Crippen molar-refractivity contribution in [3.05, 3.63) is 70.6 Å². The van der Waals surface area contributed by atoms with Crippen LogP contribution < -0.4 is 5.32 Å². The first-order valence-electron chi connectivity index (χ1n) is 7.55. The summed E-state index contributed by atoms with van der Waals surface area (Å²) in [5.74, 6) is -0.00971. The van der Waals surface area contributed by atoms with Crippen LogP contribution in [0.3, 0.4) is 0 Å². The van der Waals surface area contributed by atoms with Crippen LogP contribution >= 0.6 is 11.3 Å². The molecule has 0 spiro atoms. The van der Waals surface area contributed by atoms with Crippen molar-refractivity contribution < 1.29 is 4.79 Å². The lowest BCUT2D eigenvalue weighted by atomic mass is 10.0. The van der Waals surface area contributed by atoms with E-state index in [2.05, 4.69) is 36.5 Å². The third-order valence-corrected chi connectivity index (χ3v) is 4.92. The summed E-state index contributed by atoms with van der Waals surface area (Å²) in [5, 5.41) is 6.06. The highest BCUT2D eigenvalue weighted by atomic mass is 32.1. The lowest BCUT2D eigenvalue weighted by molar-refractivity contribution is 0.0942. The Bertz CT molecular complexity index is 789. The second-order valence-corrected chi connectivity index (χ2v) is 6.35. The van der Waals surface area contributed by atoms with Gasteiger partial charge < -0.3 is 5.32 Å². The smallest absolute Gasteiger partial charge is 0.253 e. The van der Waals surface area contributed by atoms with Gasteiger partial charge in [-0.15, -0.1) is 11.3 Å². The average Bonchev–Trinajstić information content (AvgIpc) is 2.99. The Hall–Kier alpha value is -2.13. The number of amides is 1. The Morgan fingerprint density at radius 3 is 2.59 bits per heavy atom. The number of hydrogen-bond donors (Lipinski definition) is 1. The molecule has 1 atom stereocenters. The molecule has 0 aliphatic carbocycles. The molecule has 0 saturated heterocycles. The van der Waals surface area contributed by atoms with Crippen molar-refractivity contribution in [2.75, 3.05) is 0 Å². The van der Waals surface area contributed by atoms with Gasteiger partial charge in [0.05, 0.1) is 11.6 Å². The van der Waals surface area contributed by atoms with E-state index in [-0.39, 0.29) is 11.9 Å². The Balaban J connectivity index is 1.78. The summed E-state index contributed by atoms with van der Waals surface area (Å²) in [6.07, 6.45) is 1.03. The molecule has 0 bridgehead atoms. The molecular weight excluding hydrogens is 290 g/mol. The van der Waals surface area contributed by atoms with Crippen molar-refractivity contribution in [2.45, 2.75) is 26.3 Å². The number of benzene rings is 2. The second-order valence-electron chi connectivity index (χ2n) is 5.44. The standard InChI is InChI=1S/C19H19NOS/c1-3-14-8-10-15(11-9-14)13(2)20-19(21)17-12-22-18-7-5-4-6-16(17)18/h4-13H,3H2,1-2H3,(H,20,21)/t13-/m1/s1. The second kappa shape index (κ2) is 6.32. The fourth-order valence-corrected chi connectivity index (χ4v) is 3.49. The minimum Gasteiger partial charge on any atom is -0.345 e. The van der Waals surface area contributed by atoms with Crippen LogP contribution in [0.15, 0.2) is 53.9 Å². The molecule has 2 nitrogen and oxygen atoms in total. The van der Waals surface area contributed by atoms with E-state index < -0.39 is 0 Å². The molecular formula is C19H19NOS. The molecule has 0 radical (unpaired) electrons. The summed E-state index contributed by atoms with van der Waals surface area (Å²) in [7, 11) is 0. The van der Waals surface area contributed by atoms with Crippen molar-refractivity contribution in [3.63, 3.8) is 0 Å². The maximum atomic E-state index is 12.5. The lowest BCUT2D eigenvalue weighted by Crippen LogP contribution is -2.26. The zero-order valence-corrected chi connectivity index (χ0v) is 13.6. The number of aryl methyl sites for hydroxylation is 1. The van der Waals surface area contributed by atoms with E-state index in [9.17, 15) is 4.79 Å². The van der Waals surface area contributed by atoms with Crippen molar-refractivity contribution in [2.24, 2.45) is 0 Å². The fraction of sp³-hybridized carbons (Fsp3) is 0.211. The van der Waals surface area contributed by atoms with Crippen molar-refractivity contribution in [3.8, 4) is 0 Å². The van der Waals surface area contributed by atoms with Gasteiger partial charge in [0, 0.05) is 15.5 Å². The quantitative estimate of drug-likeness (QED) is 0.725. The van der Waals surface area contributed by atoms with E-state index in [1.165, 1.54) is 5.56 Å². The van der Waals surface area contributed by atoms with E-state index in [0.29, 0.717) is 0 Å². The van der Waals surface area contributed by atoms with Gasteiger partial charge >= 0.3 is 0 Å². The summed E-state index contributed by atoms with van der Waals surface area (Å²) in [6, 6.07) is 16.4. The molecule has 3 heteroatoms. The van der Waals surface area contributed by atoms with Crippen LogP contribution in [-0.2, 0) is 6.42 Å². The van der Waals surface area contributed by atoms with Crippen LogP contribution in [0.4, 0.5) is 0 Å². The third-order valence-electron chi connectivity index (χ3n) is 3.96. The van der Waals surface area contributed by atoms with Gasteiger partial charge in [0.2, 0.25) is 0 Å². The molecule has 0 aliphatic heterocycles. The molecule has 1 amide bonds. The molecule has 2 aromatic carbocycles. The zero-order chi connectivity index (χ0) is 15.5. The Morgan fingerprint density at radius 1 is 1.14 bits per heavy atom. The van der Waals surface area contributed by atoms with Gasteiger partial charge in [-0.05, 0) is 30.5 Å². The first kappa shape index (κ1) is 14.8. The Morgan fingerprint density at radius 2 is 1.86 bits per heavy atom. The summed E-state index contributed by atoms with van der Waals surface area (Å²) >= 11 is 1.61. The highest BCUT2D eigenvalue weighted by Gasteiger charge is 2.15. The molecule has 1 N–H and O–H groups in total. The SMILES string of the molecule is CCc1ccc([C@@H](C)NC(=O)c2csc3ccccc23)cc1. The van der Waals surface area contributed by atoms with Gasteiger partial charge in [0.15, 0.2) is 0 Å². The van der Waals surface area contributed by atoms with Crippen molar-refractivity contribution in [1.29, 1.82) is 0 Å².